The van der Waals surface area contributed by atoms with E-state index in [-0.39, 0.29) is 6.04 Å². The van der Waals surface area contributed by atoms with Crippen LogP contribution < -0.4 is 5.73 Å². The Hall–Kier alpha value is -1.55. The summed E-state index contributed by atoms with van der Waals surface area (Å²) in [6, 6.07) is 2.43. The van der Waals surface area contributed by atoms with Gasteiger partial charge in [0.05, 0.1) is 11.9 Å². The smallest absolute Gasteiger partial charge is 0.0837 e. The predicted octanol–water partition coefficient (Wildman–Crippen LogP) is 1.86. The molecule has 0 saturated heterocycles. The van der Waals surface area contributed by atoms with E-state index in [9.17, 15) is 0 Å². The van der Waals surface area contributed by atoms with Crippen LogP contribution in [0.4, 0.5) is 0 Å². The Kier molecular flexibility index (Phi) is 2.33. The van der Waals surface area contributed by atoms with Gasteiger partial charge in [-0.25, -0.2) is 0 Å². The molecule has 0 bridgehead atoms. The molecule has 1 atom stereocenters. The zero-order valence-corrected chi connectivity index (χ0v) is 10.3. The Morgan fingerprint density at radius 2 is 2.29 bits per heavy atom. The first-order chi connectivity index (χ1) is 8.16. The molecule has 90 valence electrons. The van der Waals surface area contributed by atoms with Crippen molar-refractivity contribution in [2.45, 2.75) is 32.2 Å². The number of fused-ring (bicyclic) bond motifs is 1. The van der Waals surface area contributed by atoms with Gasteiger partial charge in [-0.15, -0.1) is 0 Å². The first kappa shape index (κ1) is 10.6. The third kappa shape index (κ3) is 1.60. The van der Waals surface area contributed by atoms with Crippen molar-refractivity contribution in [1.82, 2.24) is 14.3 Å². The van der Waals surface area contributed by atoms with Crippen molar-refractivity contribution in [3.8, 4) is 5.69 Å². The SMILES string of the molecule is Cc1cc2c(n1-c1cnn(C)c1)CCCC2N. The molecule has 1 aliphatic carbocycles. The number of nitrogens with two attached hydrogens (primary N) is 1. The lowest BCUT2D eigenvalue weighted by atomic mass is 9.93. The van der Waals surface area contributed by atoms with Gasteiger partial charge >= 0.3 is 0 Å². The van der Waals surface area contributed by atoms with Gasteiger partial charge in [-0.3, -0.25) is 4.68 Å². The summed E-state index contributed by atoms with van der Waals surface area (Å²) >= 11 is 0. The van der Waals surface area contributed by atoms with E-state index >= 15 is 0 Å². The molecule has 2 aromatic rings. The summed E-state index contributed by atoms with van der Waals surface area (Å²) in [7, 11) is 1.94. The fourth-order valence-corrected chi connectivity index (χ4v) is 2.82. The number of rotatable bonds is 1. The van der Waals surface area contributed by atoms with E-state index in [1.54, 1.807) is 0 Å². The van der Waals surface area contributed by atoms with Gasteiger partial charge in [0.2, 0.25) is 0 Å². The highest BCUT2D eigenvalue weighted by Crippen LogP contribution is 2.32. The third-order valence-corrected chi connectivity index (χ3v) is 3.60. The molecule has 1 aliphatic rings. The third-order valence-electron chi connectivity index (χ3n) is 3.60. The topological polar surface area (TPSA) is 48.8 Å². The van der Waals surface area contributed by atoms with Crippen molar-refractivity contribution in [3.05, 3.63) is 35.4 Å². The zero-order valence-electron chi connectivity index (χ0n) is 10.3. The lowest BCUT2D eigenvalue weighted by Crippen LogP contribution is -2.17. The molecule has 4 heteroatoms. The lowest BCUT2D eigenvalue weighted by Gasteiger charge is -2.20. The van der Waals surface area contributed by atoms with Crippen LogP contribution in [0.5, 0.6) is 0 Å². The van der Waals surface area contributed by atoms with Crippen molar-refractivity contribution in [2.24, 2.45) is 12.8 Å². The molecular weight excluding hydrogens is 212 g/mol. The van der Waals surface area contributed by atoms with Crippen LogP contribution in [0.3, 0.4) is 0 Å². The number of aromatic nitrogens is 3. The van der Waals surface area contributed by atoms with Crippen LogP contribution in [0.2, 0.25) is 0 Å². The van der Waals surface area contributed by atoms with Crippen LogP contribution in [0.25, 0.3) is 5.69 Å². The van der Waals surface area contributed by atoms with Gasteiger partial charge in [0.1, 0.15) is 0 Å². The van der Waals surface area contributed by atoms with Crippen molar-refractivity contribution in [1.29, 1.82) is 0 Å². The van der Waals surface area contributed by atoms with E-state index < -0.39 is 0 Å². The van der Waals surface area contributed by atoms with Gasteiger partial charge in [0.25, 0.3) is 0 Å². The van der Waals surface area contributed by atoms with Crippen LogP contribution >= 0.6 is 0 Å². The van der Waals surface area contributed by atoms with Gasteiger partial charge < -0.3 is 10.3 Å². The highest BCUT2D eigenvalue weighted by atomic mass is 15.3. The fraction of sp³-hybridized carbons (Fsp3) is 0.462. The molecular formula is C13H18N4. The van der Waals surface area contributed by atoms with Gasteiger partial charge in [0.15, 0.2) is 0 Å². The van der Waals surface area contributed by atoms with E-state index in [2.05, 4.69) is 22.7 Å². The number of nitrogens with zero attached hydrogens (tertiary/aromatic N) is 3. The van der Waals surface area contributed by atoms with Crippen molar-refractivity contribution in [3.63, 3.8) is 0 Å². The Balaban J connectivity index is 2.17. The van der Waals surface area contributed by atoms with Gasteiger partial charge in [-0.05, 0) is 37.8 Å². The van der Waals surface area contributed by atoms with E-state index in [1.165, 1.54) is 23.4 Å². The number of aryl methyl sites for hydroxylation is 2. The Bertz CT molecular complexity index is 550. The molecule has 0 fully saturated rings. The van der Waals surface area contributed by atoms with Gasteiger partial charge in [-0.2, -0.15) is 5.10 Å². The van der Waals surface area contributed by atoms with Crippen molar-refractivity contribution in [2.75, 3.05) is 0 Å². The maximum atomic E-state index is 6.18. The fourth-order valence-electron chi connectivity index (χ4n) is 2.82. The standard InChI is InChI=1S/C13H18N4/c1-9-6-11-12(14)4-3-5-13(11)17(9)10-7-15-16(2)8-10/h6-8,12H,3-5,14H2,1-2H3. The van der Waals surface area contributed by atoms with Crippen LogP contribution in [0.15, 0.2) is 18.5 Å². The first-order valence-corrected chi connectivity index (χ1v) is 6.12. The summed E-state index contributed by atoms with van der Waals surface area (Å²) in [6.45, 7) is 2.14. The molecule has 0 radical (unpaired) electrons. The number of hydrogen-bond acceptors (Lipinski definition) is 2. The Labute approximate surface area is 101 Å². The van der Waals surface area contributed by atoms with E-state index in [4.69, 9.17) is 5.73 Å². The quantitative estimate of drug-likeness (QED) is 0.813. The van der Waals surface area contributed by atoms with Crippen LogP contribution in [-0.4, -0.2) is 14.3 Å². The Morgan fingerprint density at radius 3 is 3.00 bits per heavy atom. The summed E-state index contributed by atoms with van der Waals surface area (Å²) in [5.74, 6) is 0. The summed E-state index contributed by atoms with van der Waals surface area (Å²) in [4.78, 5) is 0. The molecule has 0 aromatic carbocycles. The second kappa shape index (κ2) is 3.74. The average Bonchev–Trinajstić information content (AvgIpc) is 2.82. The summed E-state index contributed by atoms with van der Waals surface area (Å²) in [6.07, 6.45) is 7.36. The molecule has 4 nitrogen and oxygen atoms in total. The minimum atomic E-state index is 0.204. The molecule has 0 aliphatic heterocycles. The normalized spacial score (nSPS) is 19.4. The van der Waals surface area contributed by atoms with E-state index in [0.29, 0.717) is 0 Å². The number of hydrogen-bond donors (Lipinski definition) is 1. The average molecular weight is 230 g/mol. The van der Waals surface area contributed by atoms with E-state index in [0.717, 1.165) is 18.5 Å². The molecule has 1 unspecified atom stereocenters. The van der Waals surface area contributed by atoms with Crippen LogP contribution in [-0.2, 0) is 13.5 Å². The zero-order chi connectivity index (χ0) is 12.0. The van der Waals surface area contributed by atoms with E-state index in [1.807, 2.05) is 24.1 Å². The van der Waals surface area contributed by atoms with Gasteiger partial charge in [-0.1, -0.05) is 0 Å². The monoisotopic (exact) mass is 230 g/mol. The largest absolute Gasteiger partial charge is 0.324 e. The van der Waals surface area contributed by atoms with Crippen molar-refractivity contribution >= 4 is 0 Å². The first-order valence-electron chi connectivity index (χ1n) is 6.12. The molecule has 2 aromatic heterocycles. The van der Waals surface area contributed by atoms with Crippen LogP contribution in [0.1, 0.15) is 35.8 Å². The molecule has 3 rings (SSSR count). The lowest BCUT2D eigenvalue weighted by molar-refractivity contribution is 0.560. The minimum absolute atomic E-state index is 0.204. The molecule has 17 heavy (non-hydrogen) atoms. The maximum Gasteiger partial charge on any atom is 0.0837 e. The Morgan fingerprint density at radius 1 is 1.47 bits per heavy atom. The molecule has 0 spiro atoms. The van der Waals surface area contributed by atoms with Crippen molar-refractivity contribution < 1.29 is 0 Å². The molecule has 0 saturated carbocycles. The second-order valence-corrected chi connectivity index (χ2v) is 4.89. The molecule has 2 N–H and O–H groups in total. The van der Waals surface area contributed by atoms with Gasteiger partial charge in [0, 0.05) is 30.7 Å². The second-order valence-electron chi connectivity index (χ2n) is 4.89. The predicted molar refractivity (Wildman–Crippen MR) is 67.1 cm³/mol. The van der Waals surface area contributed by atoms with Crippen LogP contribution in [0, 0.1) is 6.92 Å². The molecule has 0 amide bonds. The molecule has 2 heterocycles. The summed E-state index contributed by atoms with van der Waals surface area (Å²) in [5.41, 5.74) is 11.3. The highest BCUT2D eigenvalue weighted by Gasteiger charge is 2.22. The summed E-state index contributed by atoms with van der Waals surface area (Å²) < 4.78 is 4.13. The highest BCUT2D eigenvalue weighted by molar-refractivity contribution is 5.41. The maximum absolute atomic E-state index is 6.18. The summed E-state index contributed by atoms with van der Waals surface area (Å²) in [5, 5.41) is 4.25. The minimum Gasteiger partial charge on any atom is -0.324 e.